The molecule has 3 rings (SSSR count). The summed E-state index contributed by atoms with van der Waals surface area (Å²) in [6, 6.07) is 0. The molecule has 1 aliphatic carbocycles. The van der Waals surface area contributed by atoms with E-state index in [-0.39, 0.29) is 0 Å². The molecule has 0 radical (unpaired) electrons. The van der Waals surface area contributed by atoms with Crippen LogP contribution in [0.25, 0.3) is 0 Å². The van der Waals surface area contributed by atoms with Crippen molar-refractivity contribution in [1.82, 2.24) is 15.3 Å². The van der Waals surface area contributed by atoms with E-state index in [2.05, 4.69) is 17.2 Å². The molecule has 2 heterocycles. The highest BCUT2D eigenvalue weighted by atomic mass is 15.0. The van der Waals surface area contributed by atoms with Gasteiger partial charge >= 0.3 is 0 Å². The standard InChI is InChI=1S/C14H23N3/c1-10-13(11-6-8-15-9-7-11)17-14(16-10)12-4-2-3-5-12/h11-12,15H,2-9H2,1H3,(H,16,17). The van der Waals surface area contributed by atoms with Gasteiger partial charge in [-0.15, -0.1) is 0 Å². The van der Waals surface area contributed by atoms with Gasteiger partial charge in [0.25, 0.3) is 0 Å². The first-order chi connectivity index (χ1) is 8.34. The molecule has 0 unspecified atom stereocenters. The fraction of sp³-hybridized carbons (Fsp3) is 0.786. The van der Waals surface area contributed by atoms with E-state index in [1.54, 1.807) is 0 Å². The van der Waals surface area contributed by atoms with Crippen LogP contribution in [0.15, 0.2) is 0 Å². The lowest BCUT2D eigenvalue weighted by Gasteiger charge is -2.21. The molecule has 0 atom stereocenters. The van der Waals surface area contributed by atoms with Crippen molar-refractivity contribution in [2.24, 2.45) is 0 Å². The first-order valence-corrected chi connectivity index (χ1v) is 7.11. The summed E-state index contributed by atoms with van der Waals surface area (Å²) in [5.74, 6) is 2.67. The lowest BCUT2D eigenvalue weighted by atomic mass is 9.94. The molecule has 2 N–H and O–H groups in total. The second kappa shape index (κ2) is 4.81. The fourth-order valence-corrected chi connectivity index (χ4v) is 3.38. The Hall–Kier alpha value is -0.830. The summed E-state index contributed by atoms with van der Waals surface area (Å²) in [6.07, 6.45) is 7.92. The Morgan fingerprint density at radius 1 is 1.00 bits per heavy atom. The summed E-state index contributed by atoms with van der Waals surface area (Å²) in [7, 11) is 0. The maximum atomic E-state index is 4.93. The Morgan fingerprint density at radius 3 is 2.41 bits per heavy atom. The van der Waals surface area contributed by atoms with Gasteiger partial charge in [-0.1, -0.05) is 12.8 Å². The largest absolute Gasteiger partial charge is 0.346 e. The van der Waals surface area contributed by atoms with Crippen LogP contribution in [0.4, 0.5) is 0 Å². The number of piperidine rings is 1. The van der Waals surface area contributed by atoms with Gasteiger partial charge in [-0.3, -0.25) is 0 Å². The summed E-state index contributed by atoms with van der Waals surface area (Å²) in [4.78, 5) is 8.48. The van der Waals surface area contributed by atoms with E-state index in [9.17, 15) is 0 Å². The molecule has 94 valence electrons. The quantitative estimate of drug-likeness (QED) is 0.824. The second-order valence-corrected chi connectivity index (χ2v) is 5.64. The smallest absolute Gasteiger partial charge is 0.109 e. The Kier molecular flexibility index (Phi) is 3.19. The van der Waals surface area contributed by atoms with Crippen LogP contribution in [0.3, 0.4) is 0 Å². The predicted molar refractivity (Wildman–Crippen MR) is 69.4 cm³/mol. The summed E-state index contributed by atoms with van der Waals surface area (Å²) >= 11 is 0. The van der Waals surface area contributed by atoms with Crippen LogP contribution in [-0.4, -0.2) is 23.1 Å². The number of aryl methyl sites for hydroxylation is 1. The Balaban J connectivity index is 1.79. The van der Waals surface area contributed by atoms with Gasteiger partial charge in [0.2, 0.25) is 0 Å². The van der Waals surface area contributed by atoms with Crippen LogP contribution in [0, 0.1) is 6.92 Å². The van der Waals surface area contributed by atoms with Crippen molar-refractivity contribution >= 4 is 0 Å². The fourth-order valence-electron chi connectivity index (χ4n) is 3.38. The first-order valence-electron chi connectivity index (χ1n) is 7.11. The average Bonchev–Trinajstić information content (AvgIpc) is 2.99. The summed E-state index contributed by atoms with van der Waals surface area (Å²) in [5, 5.41) is 3.43. The Labute approximate surface area is 103 Å². The van der Waals surface area contributed by atoms with Gasteiger partial charge < -0.3 is 10.3 Å². The molecule has 2 aliphatic rings. The highest BCUT2D eigenvalue weighted by Gasteiger charge is 2.24. The molecule has 1 saturated heterocycles. The monoisotopic (exact) mass is 233 g/mol. The van der Waals surface area contributed by atoms with Crippen LogP contribution in [0.5, 0.6) is 0 Å². The zero-order chi connectivity index (χ0) is 11.7. The zero-order valence-electron chi connectivity index (χ0n) is 10.8. The number of rotatable bonds is 2. The number of nitrogens with one attached hydrogen (secondary N) is 2. The zero-order valence-corrected chi connectivity index (χ0v) is 10.8. The third-order valence-electron chi connectivity index (χ3n) is 4.41. The number of hydrogen-bond donors (Lipinski definition) is 2. The van der Waals surface area contributed by atoms with Crippen LogP contribution in [-0.2, 0) is 0 Å². The molecule has 1 saturated carbocycles. The van der Waals surface area contributed by atoms with Gasteiger partial charge in [-0.25, -0.2) is 4.98 Å². The van der Waals surface area contributed by atoms with E-state index in [1.807, 2.05) is 0 Å². The molecule has 1 aliphatic heterocycles. The molecule has 0 amide bonds. The maximum Gasteiger partial charge on any atom is 0.109 e. The molecule has 2 fully saturated rings. The van der Waals surface area contributed by atoms with Crippen LogP contribution in [0.1, 0.15) is 67.6 Å². The van der Waals surface area contributed by atoms with Gasteiger partial charge in [-0.05, 0) is 45.7 Å². The Morgan fingerprint density at radius 2 is 1.71 bits per heavy atom. The van der Waals surface area contributed by atoms with Gasteiger partial charge in [0.15, 0.2) is 0 Å². The van der Waals surface area contributed by atoms with Crippen molar-refractivity contribution in [3.63, 3.8) is 0 Å². The second-order valence-electron chi connectivity index (χ2n) is 5.64. The minimum absolute atomic E-state index is 0.683. The van der Waals surface area contributed by atoms with Crippen molar-refractivity contribution in [3.05, 3.63) is 17.2 Å². The van der Waals surface area contributed by atoms with Crippen molar-refractivity contribution < 1.29 is 0 Å². The normalized spacial score (nSPS) is 23.4. The molecule has 0 aromatic carbocycles. The number of nitrogens with zero attached hydrogens (tertiary/aromatic N) is 1. The summed E-state index contributed by atoms with van der Waals surface area (Å²) < 4.78 is 0. The molecule has 1 aromatic heterocycles. The lowest BCUT2D eigenvalue weighted by molar-refractivity contribution is 0.452. The Bertz CT molecular complexity index is 371. The number of aromatic nitrogens is 2. The van der Waals surface area contributed by atoms with E-state index >= 15 is 0 Å². The van der Waals surface area contributed by atoms with Gasteiger partial charge in [0.05, 0.1) is 5.69 Å². The molecule has 0 spiro atoms. The molecular formula is C14H23N3. The van der Waals surface area contributed by atoms with Crippen molar-refractivity contribution in [3.8, 4) is 0 Å². The van der Waals surface area contributed by atoms with Crippen molar-refractivity contribution in [2.45, 2.75) is 57.3 Å². The van der Waals surface area contributed by atoms with Crippen LogP contribution >= 0.6 is 0 Å². The van der Waals surface area contributed by atoms with E-state index < -0.39 is 0 Å². The molecule has 3 nitrogen and oxygen atoms in total. The van der Waals surface area contributed by atoms with E-state index in [0.717, 1.165) is 13.1 Å². The summed E-state index contributed by atoms with van der Waals surface area (Å²) in [5.41, 5.74) is 2.67. The third-order valence-corrected chi connectivity index (χ3v) is 4.41. The van der Waals surface area contributed by atoms with Gasteiger partial charge in [0, 0.05) is 17.5 Å². The van der Waals surface area contributed by atoms with E-state index in [0.29, 0.717) is 11.8 Å². The minimum atomic E-state index is 0.683. The van der Waals surface area contributed by atoms with E-state index in [1.165, 1.54) is 55.7 Å². The minimum Gasteiger partial charge on any atom is -0.346 e. The van der Waals surface area contributed by atoms with Gasteiger partial charge in [0.1, 0.15) is 5.82 Å². The van der Waals surface area contributed by atoms with Crippen molar-refractivity contribution in [2.75, 3.05) is 13.1 Å². The molecule has 0 bridgehead atoms. The average molecular weight is 233 g/mol. The number of aromatic amines is 1. The molecule has 1 aromatic rings. The number of hydrogen-bond acceptors (Lipinski definition) is 2. The van der Waals surface area contributed by atoms with Crippen LogP contribution < -0.4 is 5.32 Å². The first kappa shape index (κ1) is 11.3. The highest BCUT2D eigenvalue weighted by Crippen LogP contribution is 2.34. The van der Waals surface area contributed by atoms with E-state index in [4.69, 9.17) is 4.98 Å². The predicted octanol–water partition coefficient (Wildman–Crippen LogP) is 2.84. The number of H-pyrrole nitrogens is 1. The van der Waals surface area contributed by atoms with Crippen molar-refractivity contribution in [1.29, 1.82) is 0 Å². The molecular weight excluding hydrogens is 210 g/mol. The number of imidazole rings is 1. The SMILES string of the molecule is Cc1[nH]c(C2CCCC2)nc1C1CCNCC1. The molecule has 3 heteroatoms. The van der Waals surface area contributed by atoms with Crippen LogP contribution in [0.2, 0.25) is 0 Å². The maximum absolute atomic E-state index is 4.93. The third kappa shape index (κ3) is 2.25. The van der Waals surface area contributed by atoms with Gasteiger partial charge in [-0.2, -0.15) is 0 Å². The summed E-state index contributed by atoms with van der Waals surface area (Å²) in [6.45, 7) is 4.49. The lowest BCUT2D eigenvalue weighted by Crippen LogP contribution is -2.27. The topological polar surface area (TPSA) is 40.7 Å². The molecule has 17 heavy (non-hydrogen) atoms. The highest BCUT2D eigenvalue weighted by molar-refractivity contribution is 5.20.